The number of aryl methyl sites for hydroxylation is 1. The molecule has 2 N–H and O–H groups in total. The predicted molar refractivity (Wildman–Crippen MR) is 75.0 cm³/mol. The highest BCUT2D eigenvalue weighted by atomic mass is 35.5. The second-order valence-corrected chi connectivity index (χ2v) is 5.34. The number of rotatable bonds is 3. The zero-order chi connectivity index (χ0) is 13.0. The molecule has 1 saturated heterocycles. The summed E-state index contributed by atoms with van der Waals surface area (Å²) in [5, 5.41) is 6.80. The van der Waals surface area contributed by atoms with E-state index in [0.717, 1.165) is 31.5 Å². The first-order chi connectivity index (χ1) is 8.65. The number of nitrogens with one attached hydrogen (secondary N) is 2. The van der Waals surface area contributed by atoms with Gasteiger partial charge in [0.05, 0.1) is 10.7 Å². The molecule has 1 aromatic rings. The third-order valence-corrected chi connectivity index (χ3v) is 3.64. The fraction of sp³-hybridized carbons (Fsp3) is 0.500. The van der Waals surface area contributed by atoms with Crippen LogP contribution in [-0.2, 0) is 4.79 Å². The number of carbonyl (C=O) groups is 1. The van der Waals surface area contributed by atoms with Gasteiger partial charge >= 0.3 is 0 Å². The molecule has 3 nitrogen and oxygen atoms in total. The molecule has 1 amide bonds. The number of hydrogen-bond acceptors (Lipinski definition) is 2. The maximum atomic E-state index is 11.9. The van der Waals surface area contributed by atoms with Crippen molar-refractivity contribution in [3.05, 3.63) is 28.8 Å². The van der Waals surface area contributed by atoms with E-state index in [2.05, 4.69) is 10.6 Å². The minimum absolute atomic E-state index is 0.0626. The van der Waals surface area contributed by atoms with Crippen molar-refractivity contribution in [2.24, 2.45) is 5.92 Å². The Morgan fingerprint density at radius 2 is 2.17 bits per heavy atom. The molecule has 4 heteroatoms. The molecular formula is C14H19ClN2O. The Labute approximate surface area is 113 Å². The number of benzene rings is 1. The summed E-state index contributed by atoms with van der Waals surface area (Å²) in [7, 11) is 0. The molecular weight excluding hydrogens is 248 g/mol. The predicted octanol–water partition coefficient (Wildman–Crippen LogP) is 2.98. The lowest BCUT2D eigenvalue weighted by Crippen LogP contribution is -2.30. The normalized spacial score (nSPS) is 16.6. The molecule has 0 unspecified atom stereocenters. The van der Waals surface area contributed by atoms with Gasteiger partial charge in [-0.1, -0.05) is 17.7 Å². The molecule has 0 bridgehead atoms. The molecule has 0 saturated carbocycles. The van der Waals surface area contributed by atoms with Crippen molar-refractivity contribution in [1.29, 1.82) is 0 Å². The molecule has 0 radical (unpaired) electrons. The molecule has 0 aliphatic carbocycles. The van der Waals surface area contributed by atoms with Gasteiger partial charge in [-0.3, -0.25) is 4.79 Å². The summed E-state index contributed by atoms with van der Waals surface area (Å²) in [6.45, 7) is 4.01. The van der Waals surface area contributed by atoms with E-state index in [1.165, 1.54) is 0 Å². The van der Waals surface area contributed by atoms with Crippen LogP contribution in [0.3, 0.4) is 0 Å². The van der Waals surface area contributed by atoms with Gasteiger partial charge in [0.15, 0.2) is 0 Å². The Bertz CT molecular complexity index is 428. The first-order valence-electron chi connectivity index (χ1n) is 6.42. The Kier molecular flexibility index (Phi) is 4.61. The summed E-state index contributed by atoms with van der Waals surface area (Å²) in [4.78, 5) is 11.9. The maximum Gasteiger partial charge on any atom is 0.224 e. The van der Waals surface area contributed by atoms with E-state index in [1.54, 1.807) is 0 Å². The van der Waals surface area contributed by atoms with Crippen molar-refractivity contribution in [3.8, 4) is 0 Å². The molecule has 1 aliphatic rings. The van der Waals surface area contributed by atoms with Crippen LogP contribution in [0.15, 0.2) is 18.2 Å². The number of hydrogen-bond donors (Lipinski definition) is 2. The van der Waals surface area contributed by atoms with Gasteiger partial charge < -0.3 is 10.6 Å². The molecule has 18 heavy (non-hydrogen) atoms. The molecule has 0 spiro atoms. The SMILES string of the molecule is Cc1ccc(NC(=O)CC2CCNCC2)c(Cl)c1. The summed E-state index contributed by atoms with van der Waals surface area (Å²) in [6.07, 6.45) is 2.75. The largest absolute Gasteiger partial charge is 0.325 e. The molecule has 1 aliphatic heterocycles. The fourth-order valence-electron chi connectivity index (χ4n) is 2.27. The zero-order valence-electron chi connectivity index (χ0n) is 10.6. The van der Waals surface area contributed by atoms with E-state index in [1.807, 2.05) is 25.1 Å². The van der Waals surface area contributed by atoms with E-state index in [9.17, 15) is 4.79 Å². The number of carbonyl (C=O) groups excluding carboxylic acids is 1. The van der Waals surface area contributed by atoms with Crippen LogP contribution < -0.4 is 10.6 Å². The first kappa shape index (κ1) is 13.4. The average molecular weight is 267 g/mol. The molecule has 0 aromatic heterocycles. The van der Waals surface area contributed by atoms with Crippen molar-refractivity contribution < 1.29 is 4.79 Å². The van der Waals surface area contributed by atoms with Crippen LogP contribution in [0.1, 0.15) is 24.8 Å². The van der Waals surface area contributed by atoms with Crippen LogP contribution >= 0.6 is 11.6 Å². The highest BCUT2D eigenvalue weighted by Gasteiger charge is 2.17. The Balaban J connectivity index is 1.90. The Hall–Kier alpha value is -1.06. The van der Waals surface area contributed by atoms with Crippen LogP contribution in [0.4, 0.5) is 5.69 Å². The number of halogens is 1. The minimum Gasteiger partial charge on any atom is -0.325 e. The fourth-order valence-corrected chi connectivity index (χ4v) is 2.55. The van der Waals surface area contributed by atoms with Gasteiger partial charge in [-0.2, -0.15) is 0 Å². The van der Waals surface area contributed by atoms with Gasteiger partial charge in [0, 0.05) is 6.42 Å². The molecule has 2 rings (SSSR count). The second kappa shape index (κ2) is 6.21. The van der Waals surface area contributed by atoms with Crippen molar-refractivity contribution in [3.63, 3.8) is 0 Å². The minimum atomic E-state index is 0.0626. The number of anilines is 1. The molecule has 1 aromatic carbocycles. The lowest BCUT2D eigenvalue weighted by atomic mass is 9.94. The quantitative estimate of drug-likeness (QED) is 0.883. The van der Waals surface area contributed by atoms with Crippen molar-refractivity contribution >= 4 is 23.2 Å². The van der Waals surface area contributed by atoms with Crippen molar-refractivity contribution in [2.45, 2.75) is 26.2 Å². The third kappa shape index (κ3) is 3.72. The van der Waals surface area contributed by atoms with Crippen LogP contribution in [0, 0.1) is 12.8 Å². The van der Waals surface area contributed by atoms with Gasteiger partial charge in [-0.15, -0.1) is 0 Å². The average Bonchev–Trinajstić information content (AvgIpc) is 2.34. The summed E-state index contributed by atoms with van der Waals surface area (Å²) in [6, 6.07) is 5.67. The van der Waals surface area contributed by atoms with Crippen LogP contribution in [0.25, 0.3) is 0 Å². The standard InChI is InChI=1S/C14H19ClN2O/c1-10-2-3-13(12(15)8-10)17-14(18)9-11-4-6-16-7-5-11/h2-3,8,11,16H,4-7,9H2,1H3,(H,17,18). The van der Waals surface area contributed by atoms with Crippen LogP contribution in [0.5, 0.6) is 0 Å². The topological polar surface area (TPSA) is 41.1 Å². The summed E-state index contributed by atoms with van der Waals surface area (Å²) >= 11 is 6.09. The monoisotopic (exact) mass is 266 g/mol. The lowest BCUT2D eigenvalue weighted by molar-refractivity contribution is -0.117. The van der Waals surface area contributed by atoms with Crippen LogP contribution in [-0.4, -0.2) is 19.0 Å². The third-order valence-electron chi connectivity index (χ3n) is 3.33. The van der Waals surface area contributed by atoms with Gasteiger partial charge in [-0.05, 0) is 56.5 Å². The van der Waals surface area contributed by atoms with Crippen molar-refractivity contribution in [1.82, 2.24) is 5.32 Å². The summed E-state index contributed by atoms with van der Waals surface area (Å²) in [5.74, 6) is 0.558. The van der Waals surface area contributed by atoms with E-state index in [-0.39, 0.29) is 5.91 Å². The zero-order valence-corrected chi connectivity index (χ0v) is 11.4. The maximum absolute atomic E-state index is 11.9. The highest BCUT2D eigenvalue weighted by molar-refractivity contribution is 6.33. The molecule has 0 atom stereocenters. The van der Waals surface area contributed by atoms with Gasteiger partial charge in [0.2, 0.25) is 5.91 Å². The smallest absolute Gasteiger partial charge is 0.224 e. The van der Waals surface area contributed by atoms with Gasteiger partial charge in [0.1, 0.15) is 0 Å². The summed E-state index contributed by atoms with van der Waals surface area (Å²) in [5.41, 5.74) is 1.80. The lowest BCUT2D eigenvalue weighted by Gasteiger charge is -2.22. The van der Waals surface area contributed by atoms with Crippen LogP contribution in [0.2, 0.25) is 5.02 Å². The Morgan fingerprint density at radius 1 is 1.44 bits per heavy atom. The van der Waals surface area contributed by atoms with E-state index < -0.39 is 0 Å². The Morgan fingerprint density at radius 3 is 2.83 bits per heavy atom. The molecule has 1 heterocycles. The molecule has 1 fully saturated rings. The highest BCUT2D eigenvalue weighted by Crippen LogP contribution is 2.24. The first-order valence-corrected chi connectivity index (χ1v) is 6.79. The molecule has 98 valence electrons. The van der Waals surface area contributed by atoms with Gasteiger partial charge in [-0.25, -0.2) is 0 Å². The number of amides is 1. The van der Waals surface area contributed by atoms with E-state index in [0.29, 0.717) is 23.0 Å². The summed E-state index contributed by atoms with van der Waals surface area (Å²) < 4.78 is 0. The number of piperidine rings is 1. The van der Waals surface area contributed by atoms with E-state index >= 15 is 0 Å². The van der Waals surface area contributed by atoms with Crippen molar-refractivity contribution in [2.75, 3.05) is 18.4 Å². The van der Waals surface area contributed by atoms with Gasteiger partial charge in [0.25, 0.3) is 0 Å². The van der Waals surface area contributed by atoms with E-state index in [4.69, 9.17) is 11.6 Å². The second-order valence-electron chi connectivity index (χ2n) is 4.93.